The zero-order chi connectivity index (χ0) is 17.0. The molecule has 0 fully saturated rings. The lowest BCUT2D eigenvalue weighted by Crippen LogP contribution is -2.14. The smallest absolute Gasteiger partial charge is 0.282 e. The molecular weight excluding hydrogens is 338 g/mol. The summed E-state index contributed by atoms with van der Waals surface area (Å²) >= 11 is 7.28. The Bertz CT molecular complexity index is 833. The van der Waals surface area contributed by atoms with Gasteiger partial charge in [-0.15, -0.1) is 11.8 Å². The van der Waals surface area contributed by atoms with Crippen LogP contribution in [0.25, 0.3) is 0 Å². The topological polar surface area (TPSA) is 96.0 Å². The molecule has 0 spiro atoms. The number of hydrogen-bond acceptors (Lipinski definition) is 5. The summed E-state index contributed by atoms with van der Waals surface area (Å²) in [5, 5.41) is 22.6. The largest absolute Gasteiger partial charge is 0.322 e. The molecule has 2 aromatic rings. The maximum absolute atomic E-state index is 12.3. The summed E-state index contributed by atoms with van der Waals surface area (Å²) < 4.78 is 0. The summed E-state index contributed by atoms with van der Waals surface area (Å²) in [5.41, 5.74) is 0.310. The molecule has 0 saturated heterocycles. The van der Waals surface area contributed by atoms with Crippen LogP contribution >= 0.6 is 23.4 Å². The zero-order valence-electron chi connectivity index (χ0n) is 11.9. The van der Waals surface area contributed by atoms with Crippen LogP contribution in [0.2, 0.25) is 5.02 Å². The number of nitro groups is 1. The van der Waals surface area contributed by atoms with Crippen molar-refractivity contribution in [1.82, 2.24) is 0 Å². The number of thioether (sulfide) groups is 1. The van der Waals surface area contributed by atoms with Crippen molar-refractivity contribution in [2.75, 3.05) is 11.6 Å². The monoisotopic (exact) mass is 347 g/mol. The molecule has 2 aromatic carbocycles. The van der Waals surface area contributed by atoms with Gasteiger partial charge in [0.2, 0.25) is 0 Å². The van der Waals surface area contributed by atoms with Crippen molar-refractivity contribution in [1.29, 1.82) is 5.26 Å². The molecule has 0 radical (unpaired) electrons. The number of nitrogens with zero attached hydrogens (tertiary/aromatic N) is 2. The fourth-order valence-electron chi connectivity index (χ4n) is 1.87. The molecule has 0 bridgehead atoms. The molecule has 0 heterocycles. The van der Waals surface area contributed by atoms with E-state index in [1.54, 1.807) is 6.07 Å². The van der Waals surface area contributed by atoms with Gasteiger partial charge in [-0.3, -0.25) is 14.9 Å². The predicted octanol–water partition coefficient (Wildman–Crippen LogP) is 4.09. The Balaban J connectivity index is 2.35. The van der Waals surface area contributed by atoms with E-state index < -0.39 is 10.8 Å². The van der Waals surface area contributed by atoms with Crippen LogP contribution < -0.4 is 5.32 Å². The van der Waals surface area contributed by atoms with Crippen molar-refractivity contribution in [3.8, 4) is 6.07 Å². The van der Waals surface area contributed by atoms with Gasteiger partial charge in [0.15, 0.2) is 0 Å². The molecule has 0 aromatic heterocycles. The number of anilines is 1. The number of nitriles is 1. The minimum atomic E-state index is -0.617. The lowest BCUT2D eigenvalue weighted by atomic mass is 10.1. The average molecular weight is 348 g/mol. The van der Waals surface area contributed by atoms with Gasteiger partial charge in [0.05, 0.1) is 15.5 Å². The van der Waals surface area contributed by atoms with Crippen molar-refractivity contribution < 1.29 is 9.72 Å². The Morgan fingerprint density at radius 2 is 2.09 bits per heavy atom. The van der Waals surface area contributed by atoms with E-state index in [4.69, 9.17) is 16.9 Å². The minimum Gasteiger partial charge on any atom is -0.322 e. The van der Waals surface area contributed by atoms with E-state index in [1.165, 1.54) is 42.1 Å². The van der Waals surface area contributed by atoms with Crippen molar-refractivity contribution in [3.05, 3.63) is 62.7 Å². The molecule has 1 amide bonds. The fourth-order valence-corrected chi connectivity index (χ4v) is 2.53. The predicted molar refractivity (Wildman–Crippen MR) is 89.0 cm³/mol. The first kappa shape index (κ1) is 16.8. The highest BCUT2D eigenvalue weighted by Crippen LogP contribution is 2.26. The summed E-state index contributed by atoms with van der Waals surface area (Å²) in [6.45, 7) is 0. The van der Waals surface area contributed by atoms with E-state index in [1.807, 2.05) is 12.3 Å². The summed E-state index contributed by atoms with van der Waals surface area (Å²) in [6, 6.07) is 10.6. The second-order valence-electron chi connectivity index (χ2n) is 4.40. The Morgan fingerprint density at radius 1 is 1.35 bits per heavy atom. The highest BCUT2D eigenvalue weighted by Gasteiger charge is 2.21. The van der Waals surface area contributed by atoms with Crippen LogP contribution in [0.5, 0.6) is 0 Å². The molecule has 0 aliphatic carbocycles. The minimum absolute atomic E-state index is 0.0395. The molecule has 0 unspecified atom stereocenters. The van der Waals surface area contributed by atoms with E-state index in [0.29, 0.717) is 5.69 Å². The van der Waals surface area contributed by atoms with Gasteiger partial charge in [0.1, 0.15) is 11.6 Å². The Morgan fingerprint density at radius 3 is 2.65 bits per heavy atom. The molecule has 1 N–H and O–H groups in total. The van der Waals surface area contributed by atoms with Crippen LogP contribution in [0.3, 0.4) is 0 Å². The van der Waals surface area contributed by atoms with E-state index in [9.17, 15) is 14.9 Å². The highest BCUT2D eigenvalue weighted by molar-refractivity contribution is 7.98. The first-order valence-corrected chi connectivity index (χ1v) is 7.90. The molecule has 8 heteroatoms. The molecule has 0 atom stereocenters. The van der Waals surface area contributed by atoms with Crippen molar-refractivity contribution in [2.24, 2.45) is 0 Å². The van der Waals surface area contributed by atoms with Crippen LogP contribution in [-0.2, 0) is 0 Å². The summed E-state index contributed by atoms with van der Waals surface area (Å²) in [4.78, 5) is 23.5. The molecule has 0 saturated carbocycles. The van der Waals surface area contributed by atoms with Crippen molar-refractivity contribution in [2.45, 2.75) is 4.90 Å². The van der Waals surface area contributed by atoms with Crippen molar-refractivity contribution >= 4 is 40.6 Å². The van der Waals surface area contributed by atoms with E-state index in [-0.39, 0.29) is 21.8 Å². The second kappa shape index (κ2) is 7.13. The number of benzene rings is 2. The Kier molecular flexibility index (Phi) is 5.21. The standard InChI is InChI=1S/C15H10ClN3O3S/c1-23-11-4-5-14(19(21)22)12(7-11)15(20)18-10-3-2-9(8-17)13(16)6-10/h2-7H,1H3,(H,18,20). The number of nitrogens with one attached hydrogen (secondary N) is 1. The third-order valence-corrected chi connectivity index (χ3v) is 4.03. The average Bonchev–Trinajstić information content (AvgIpc) is 2.54. The van der Waals surface area contributed by atoms with Crippen molar-refractivity contribution in [3.63, 3.8) is 0 Å². The van der Waals surface area contributed by atoms with E-state index in [2.05, 4.69) is 5.32 Å². The lowest BCUT2D eigenvalue weighted by molar-refractivity contribution is -0.385. The summed E-state index contributed by atoms with van der Waals surface area (Å²) in [6.07, 6.45) is 1.81. The third kappa shape index (κ3) is 3.80. The third-order valence-electron chi connectivity index (χ3n) is 2.99. The second-order valence-corrected chi connectivity index (χ2v) is 5.69. The van der Waals surface area contributed by atoms with E-state index in [0.717, 1.165) is 4.90 Å². The van der Waals surface area contributed by atoms with Crippen LogP contribution in [0, 0.1) is 21.4 Å². The number of amides is 1. The van der Waals surface area contributed by atoms with Gasteiger partial charge in [0.25, 0.3) is 11.6 Å². The van der Waals surface area contributed by atoms with Gasteiger partial charge in [-0.2, -0.15) is 5.26 Å². The lowest BCUT2D eigenvalue weighted by Gasteiger charge is -2.08. The SMILES string of the molecule is CSc1ccc([N+](=O)[O-])c(C(=O)Nc2ccc(C#N)c(Cl)c2)c1. The van der Waals surface area contributed by atoms with Gasteiger partial charge in [-0.1, -0.05) is 11.6 Å². The summed E-state index contributed by atoms with van der Waals surface area (Å²) in [7, 11) is 0. The van der Waals surface area contributed by atoms with Gasteiger partial charge in [-0.25, -0.2) is 0 Å². The number of carbonyl (C=O) groups excluding carboxylic acids is 1. The van der Waals surface area contributed by atoms with Gasteiger partial charge in [-0.05, 0) is 36.6 Å². The summed E-state index contributed by atoms with van der Waals surface area (Å²) in [5.74, 6) is -0.617. The highest BCUT2D eigenvalue weighted by atomic mass is 35.5. The van der Waals surface area contributed by atoms with Gasteiger partial charge in [0, 0.05) is 16.6 Å². The number of nitro benzene ring substituents is 1. The number of halogens is 1. The van der Waals surface area contributed by atoms with Crippen LogP contribution in [0.15, 0.2) is 41.3 Å². The van der Waals surface area contributed by atoms with Crippen LogP contribution in [0.4, 0.5) is 11.4 Å². The van der Waals surface area contributed by atoms with Gasteiger partial charge < -0.3 is 5.32 Å². The molecule has 0 aliphatic rings. The number of rotatable bonds is 4. The normalized spacial score (nSPS) is 9.96. The Labute approximate surface area is 141 Å². The maximum atomic E-state index is 12.3. The molecule has 0 aliphatic heterocycles. The van der Waals surface area contributed by atoms with Crippen LogP contribution in [0.1, 0.15) is 15.9 Å². The first-order valence-electron chi connectivity index (χ1n) is 6.29. The molecule has 116 valence electrons. The molecule has 6 nitrogen and oxygen atoms in total. The number of hydrogen-bond donors (Lipinski definition) is 1. The number of carbonyl (C=O) groups is 1. The maximum Gasteiger partial charge on any atom is 0.282 e. The molecule has 2 rings (SSSR count). The zero-order valence-corrected chi connectivity index (χ0v) is 13.4. The molecule has 23 heavy (non-hydrogen) atoms. The fraction of sp³-hybridized carbons (Fsp3) is 0.0667. The Hall–Kier alpha value is -2.56. The van der Waals surface area contributed by atoms with E-state index >= 15 is 0 Å². The quantitative estimate of drug-likeness (QED) is 0.510. The molecular formula is C15H10ClN3O3S. The van der Waals surface area contributed by atoms with Crippen LogP contribution in [-0.4, -0.2) is 17.1 Å². The first-order chi connectivity index (χ1) is 11.0. The van der Waals surface area contributed by atoms with Gasteiger partial charge >= 0.3 is 0 Å².